The van der Waals surface area contributed by atoms with Crippen LogP contribution >= 0.6 is 12.4 Å². The second kappa shape index (κ2) is 4.56. The highest BCUT2D eigenvalue weighted by molar-refractivity contribution is 5.85. The van der Waals surface area contributed by atoms with Crippen LogP contribution in [0.5, 0.6) is 0 Å². The van der Waals surface area contributed by atoms with Crippen LogP contribution in [0.25, 0.3) is 0 Å². The molecule has 0 aliphatic carbocycles. The summed E-state index contributed by atoms with van der Waals surface area (Å²) in [6, 6.07) is 8.85. The number of rotatable bonds is 1. The van der Waals surface area contributed by atoms with Gasteiger partial charge < -0.3 is 10.6 Å². The zero-order valence-electron chi connectivity index (χ0n) is 8.44. The van der Waals surface area contributed by atoms with Gasteiger partial charge in [0.25, 0.3) is 0 Å². The Morgan fingerprint density at radius 3 is 2.43 bits per heavy atom. The molecule has 1 aromatic carbocycles. The zero-order chi connectivity index (χ0) is 9.26. The first kappa shape index (κ1) is 11.2. The standard InChI is InChI=1S/C11H16N2.ClH/c1-9-3-2-8-13(9)11-6-4-10(12)5-7-11;/h4-7,9H,2-3,8,12H2,1H3;1H. The minimum absolute atomic E-state index is 0. The predicted octanol–water partition coefficient (Wildman–Crippen LogP) is 2.68. The minimum Gasteiger partial charge on any atom is -0.399 e. The fourth-order valence-electron chi connectivity index (χ4n) is 1.98. The Morgan fingerprint density at radius 2 is 1.93 bits per heavy atom. The number of nitrogen functional groups attached to an aromatic ring is 1. The van der Waals surface area contributed by atoms with Gasteiger partial charge in [-0.15, -0.1) is 12.4 Å². The molecule has 14 heavy (non-hydrogen) atoms. The molecule has 1 fully saturated rings. The molecule has 1 saturated heterocycles. The summed E-state index contributed by atoms with van der Waals surface area (Å²) in [5, 5.41) is 0. The lowest BCUT2D eigenvalue weighted by molar-refractivity contribution is 0.735. The summed E-state index contributed by atoms with van der Waals surface area (Å²) >= 11 is 0. The van der Waals surface area contributed by atoms with Gasteiger partial charge in [-0.05, 0) is 44.0 Å². The molecule has 1 aliphatic rings. The van der Waals surface area contributed by atoms with Gasteiger partial charge in [-0.25, -0.2) is 0 Å². The first-order valence-electron chi connectivity index (χ1n) is 4.89. The molecule has 2 rings (SSSR count). The van der Waals surface area contributed by atoms with Gasteiger partial charge in [0, 0.05) is 24.0 Å². The predicted molar refractivity (Wildman–Crippen MR) is 64.1 cm³/mol. The lowest BCUT2D eigenvalue weighted by Gasteiger charge is -2.23. The highest BCUT2D eigenvalue weighted by Crippen LogP contribution is 2.25. The second-order valence-electron chi connectivity index (χ2n) is 3.78. The fraction of sp³-hybridized carbons (Fsp3) is 0.455. The van der Waals surface area contributed by atoms with Gasteiger partial charge in [-0.1, -0.05) is 0 Å². The monoisotopic (exact) mass is 212 g/mol. The number of hydrogen-bond donors (Lipinski definition) is 1. The van der Waals surface area contributed by atoms with E-state index >= 15 is 0 Å². The summed E-state index contributed by atoms with van der Waals surface area (Å²) in [5.41, 5.74) is 7.79. The molecule has 2 nitrogen and oxygen atoms in total. The summed E-state index contributed by atoms with van der Waals surface area (Å²) in [4.78, 5) is 2.44. The van der Waals surface area contributed by atoms with E-state index in [1.165, 1.54) is 25.1 Å². The lowest BCUT2D eigenvalue weighted by atomic mass is 10.2. The van der Waals surface area contributed by atoms with E-state index in [9.17, 15) is 0 Å². The maximum absolute atomic E-state index is 5.64. The zero-order valence-corrected chi connectivity index (χ0v) is 9.26. The Kier molecular flexibility index (Phi) is 3.64. The van der Waals surface area contributed by atoms with Crippen molar-refractivity contribution in [1.82, 2.24) is 0 Å². The van der Waals surface area contributed by atoms with Crippen LogP contribution in [0.4, 0.5) is 11.4 Å². The van der Waals surface area contributed by atoms with Crippen molar-refractivity contribution in [2.75, 3.05) is 17.2 Å². The number of benzene rings is 1. The van der Waals surface area contributed by atoms with E-state index < -0.39 is 0 Å². The molecular formula is C11H17ClN2. The van der Waals surface area contributed by atoms with E-state index in [4.69, 9.17) is 5.73 Å². The van der Waals surface area contributed by atoms with Gasteiger partial charge in [0.05, 0.1) is 0 Å². The minimum atomic E-state index is 0. The normalized spacial score (nSPS) is 20.6. The molecule has 3 heteroatoms. The van der Waals surface area contributed by atoms with Crippen molar-refractivity contribution in [3.63, 3.8) is 0 Å². The summed E-state index contributed by atoms with van der Waals surface area (Å²) in [6.45, 7) is 3.47. The van der Waals surface area contributed by atoms with E-state index in [-0.39, 0.29) is 12.4 Å². The van der Waals surface area contributed by atoms with E-state index in [1.54, 1.807) is 0 Å². The first-order valence-corrected chi connectivity index (χ1v) is 4.89. The van der Waals surface area contributed by atoms with Crippen LogP contribution in [-0.2, 0) is 0 Å². The molecule has 1 heterocycles. The van der Waals surface area contributed by atoms with E-state index in [1.807, 2.05) is 12.1 Å². The van der Waals surface area contributed by atoms with Gasteiger partial charge in [0.15, 0.2) is 0 Å². The second-order valence-corrected chi connectivity index (χ2v) is 3.78. The van der Waals surface area contributed by atoms with E-state index in [2.05, 4.69) is 24.0 Å². The third kappa shape index (κ3) is 2.13. The molecule has 1 aliphatic heterocycles. The SMILES string of the molecule is CC1CCCN1c1ccc(N)cc1.Cl. The maximum Gasteiger partial charge on any atom is 0.0370 e. The van der Waals surface area contributed by atoms with Crippen LogP contribution in [-0.4, -0.2) is 12.6 Å². The van der Waals surface area contributed by atoms with Crippen molar-refractivity contribution in [1.29, 1.82) is 0 Å². The molecule has 1 aromatic rings. The van der Waals surface area contributed by atoms with E-state index in [0.717, 1.165) is 5.69 Å². The molecule has 2 N–H and O–H groups in total. The van der Waals surface area contributed by atoms with Crippen LogP contribution in [0, 0.1) is 0 Å². The lowest BCUT2D eigenvalue weighted by Crippen LogP contribution is -2.25. The molecular weight excluding hydrogens is 196 g/mol. The number of nitrogens with zero attached hydrogens (tertiary/aromatic N) is 1. The van der Waals surface area contributed by atoms with Crippen molar-refractivity contribution in [2.45, 2.75) is 25.8 Å². The Labute approximate surface area is 91.5 Å². The molecule has 0 radical (unpaired) electrons. The molecule has 0 amide bonds. The summed E-state index contributed by atoms with van der Waals surface area (Å²) < 4.78 is 0. The van der Waals surface area contributed by atoms with Gasteiger partial charge in [-0.2, -0.15) is 0 Å². The van der Waals surface area contributed by atoms with Crippen LogP contribution in [0.3, 0.4) is 0 Å². The number of nitrogens with two attached hydrogens (primary N) is 1. The van der Waals surface area contributed by atoms with Gasteiger partial charge in [0.2, 0.25) is 0 Å². The summed E-state index contributed by atoms with van der Waals surface area (Å²) in [7, 11) is 0. The van der Waals surface area contributed by atoms with Crippen LogP contribution in [0.2, 0.25) is 0 Å². The number of anilines is 2. The average Bonchev–Trinajstić information content (AvgIpc) is 2.53. The molecule has 0 spiro atoms. The van der Waals surface area contributed by atoms with Crippen molar-refractivity contribution >= 4 is 23.8 Å². The van der Waals surface area contributed by atoms with Crippen molar-refractivity contribution < 1.29 is 0 Å². The molecule has 0 saturated carbocycles. The molecule has 0 aromatic heterocycles. The molecule has 0 bridgehead atoms. The third-order valence-corrected chi connectivity index (χ3v) is 2.78. The average molecular weight is 213 g/mol. The van der Waals surface area contributed by atoms with Crippen LogP contribution in [0.1, 0.15) is 19.8 Å². The van der Waals surface area contributed by atoms with Gasteiger partial charge in [0.1, 0.15) is 0 Å². The fourth-order valence-corrected chi connectivity index (χ4v) is 1.98. The van der Waals surface area contributed by atoms with Gasteiger partial charge in [-0.3, -0.25) is 0 Å². The molecule has 78 valence electrons. The molecule has 1 unspecified atom stereocenters. The smallest absolute Gasteiger partial charge is 0.0370 e. The summed E-state index contributed by atoms with van der Waals surface area (Å²) in [5.74, 6) is 0. The highest BCUT2D eigenvalue weighted by Gasteiger charge is 2.19. The Hall–Kier alpha value is -0.890. The maximum atomic E-state index is 5.64. The van der Waals surface area contributed by atoms with Crippen molar-refractivity contribution in [3.8, 4) is 0 Å². The number of halogens is 1. The first-order chi connectivity index (χ1) is 6.27. The molecule has 1 atom stereocenters. The van der Waals surface area contributed by atoms with Gasteiger partial charge >= 0.3 is 0 Å². The quantitative estimate of drug-likeness (QED) is 0.726. The van der Waals surface area contributed by atoms with Crippen molar-refractivity contribution in [3.05, 3.63) is 24.3 Å². The summed E-state index contributed by atoms with van der Waals surface area (Å²) in [6.07, 6.45) is 2.62. The Bertz CT molecular complexity index is 284. The third-order valence-electron chi connectivity index (χ3n) is 2.78. The highest BCUT2D eigenvalue weighted by atomic mass is 35.5. The number of hydrogen-bond acceptors (Lipinski definition) is 2. The largest absolute Gasteiger partial charge is 0.399 e. The van der Waals surface area contributed by atoms with Crippen molar-refractivity contribution in [2.24, 2.45) is 0 Å². The Balaban J connectivity index is 0.000000980. The van der Waals surface area contributed by atoms with Crippen LogP contribution < -0.4 is 10.6 Å². The topological polar surface area (TPSA) is 29.3 Å². The Morgan fingerprint density at radius 1 is 1.29 bits per heavy atom. The van der Waals surface area contributed by atoms with Crippen LogP contribution in [0.15, 0.2) is 24.3 Å². The van der Waals surface area contributed by atoms with E-state index in [0.29, 0.717) is 6.04 Å².